The summed E-state index contributed by atoms with van der Waals surface area (Å²) in [7, 11) is 0. The van der Waals surface area contributed by atoms with Crippen LogP contribution in [-0.2, 0) is 0 Å². The van der Waals surface area contributed by atoms with Crippen molar-refractivity contribution < 1.29 is 10.2 Å². The van der Waals surface area contributed by atoms with Crippen molar-refractivity contribution >= 4 is 0 Å². The lowest BCUT2D eigenvalue weighted by atomic mass is 9.87. The minimum atomic E-state index is -0.844. The molecule has 0 aromatic rings. The first-order chi connectivity index (χ1) is 4.63. The van der Waals surface area contributed by atoms with E-state index in [9.17, 15) is 0 Å². The first-order valence-corrected chi connectivity index (χ1v) is 3.50. The highest BCUT2D eigenvalue weighted by Gasteiger charge is 2.33. The molecular weight excluding hydrogens is 132 g/mol. The van der Waals surface area contributed by atoms with Crippen molar-refractivity contribution in [1.82, 2.24) is 0 Å². The fourth-order valence-corrected chi connectivity index (χ4v) is 1.23. The number of aliphatic hydroxyl groups excluding tert-OH is 2. The van der Waals surface area contributed by atoms with Gasteiger partial charge in [-0.15, -0.1) is 0 Å². The third-order valence-electron chi connectivity index (χ3n) is 2.06. The van der Waals surface area contributed by atoms with Gasteiger partial charge in [-0.2, -0.15) is 0 Å². The summed E-state index contributed by atoms with van der Waals surface area (Å²) < 4.78 is 0. The van der Waals surface area contributed by atoms with Crippen molar-refractivity contribution in [3.8, 4) is 0 Å². The van der Waals surface area contributed by atoms with Crippen molar-refractivity contribution in [2.75, 3.05) is 0 Å². The third kappa shape index (κ3) is 1.29. The van der Waals surface area contributed by atoms with Crippen LogP contribution in [0.15, 0.2) is 0 Å². The summed E-state index contributed by atoms with van der Waals surface area (Å²) in [4.78, 5) is 0. The molecule has 0 aromatic heterocycles. The summed E-state index contributed by atoms with van der Waals surface area (Å²) >= 11 is 0. The highest BCUT2D eigenvalue weighted by atomic mass is 16.3. The van der Waals surface area contributed by atoms with Gasteiger partial charge in [-0.05, 0) is 12.8 Å². The van der Waals surface area contributed by atoms with Gasteiger partial charge in [0.1, 0.15) is 0 Å². The number of rotatable bonds is 0. The van der Waals surface area contributed by atoms with Crippen LogP contribution < -0.4 is 11.5 Å². The smallest absolute Gasteiger partial charge is 0.0964 e. The predicted octanol–water partition coefficient (Wildman–Crippen LogP) is -1.84. The zero-order chi connectivity index (χ0) is 7.72. The zero-order valence-corrected chi connectivity index (χ0v) is 5.77. The van der Waals surface area contributed by atoms with E-state index in [1.165, 1.54) is 0 Å². The van der Waals surface area contributed by atoms with Crippen LogP contribution in [0.2, 0.25) is 0 Å². The molecule has 1 fully saturated rings. The second-order valence-corrected chi connectivity index (χ2v) is 2.89. The minimum absolute atomic E-state index is 0.310. The van der Waals surface area contributed by atoms with Gasteiger partial charge >= 0.3 is 0 Å². The molecule has 0 aliphatic heterocycles. The molecule has 60 valence electrons. The molecule has 4 unspecified atom stereocenters. The van der Waals surface area contributed by atoms with E-state index in [2.05, 4.69) is 0 Å². The Bertz CT molecular complexity index is 106. The molecule has 6 N–H and O–H groups in total. The molecule has 0 heterocycles. The predicted molar refractivity (Wildman–Crippen MR) is 37.2 cm³/mol. The van der Waals surface area contributed by atoms with E-state index in [0.717, 1.165) is 0 Å². The molecule has 0 bridgehead atoms. The van der Waals surface area contributed by atoms with Crippen LogP contribution in [0.5, 0.6) is 0 Å². The summed E-state index contributed by atoms with van der Waals surface area (Å²) in [5.74, 6) is 0. The highest BCUT2D eigenvalue weighted by molar-refractivity contribution is 4.91. The fraction of sp³-hybridized carbons (Fsp3) is 1.00. The SMILES string of the molecule is NC1CCC(N)C(O)C1O. The van der Waals surface area contributed by atoms with Gasteiger partial charge < -0.3 is 21.7 Å². The average Bonchev–Trinajstić information content (AvgIpc) is 1.93. The Morgan fingerprint density at radius 3 is 1.50 bits per heavy atom. The maximum absolute atomic E-state index is 9.16. The Morgan fingerprint density at radius 2 is 1.20 bits per heavy atom. The summed E-state index contributed by atoms with van der Waals surface area (Å²) in [5, 5.41) is 18.3. The van der Waals surface area contributed by atoms with Gasteiger partial charge in [0.05, 0.1) is 12.2 Å². The second-order valence-electron chi connectivity index (χ2n) is 2.89. The van der Waals surface area contributed by atoms with Crippen LogP contribution in [0, 0.1) is 0 Å². The topological polar surface area (TPSA) is 92.5 Å². The van der Waals surface area contributed by atoms with Crippen molar-refractivity contribution in [2.45, 2.75) is 37.1 Å². The Hall–Kier alpha value is -0.160. The summed E-state index contributed by atoms with van der Waals surface area (Å²) in [5.41, 5.74) is 10.9. The monoisotopic (exact) mass is 146 g/mol. The first kappa shape index (κ1) is 7.94. The molecule has 1 aliphatic rings. The van der Waals surface area contributed by atoms with Gasteiger partial charge in [0.2, 0.25) is 0 Å². The van der Waals surface area contributed by atoms with Gasteiger partial charge in [-0.1, -0.05) is 0 Å². The second kappa shape index (κ2) is 2.84. The van der Waals surface area contributed by atoms with E-state index < -0.39 is 12.2 Å². The van der Waals surface area contributed by atoms with Crippen molar-refractivity contribution in [3.63, 3.8) is 0 Å². The van der Waals surface area contributed by atoms with E-state index >= 15 is 0 Å². The lowest BCUT2D eigenvalue weighted by Crippen LogP contribution is -2.55. The van der Waals surface area contributed by atoms with Crippen molar-refractivity contribution in [1.29, 1.82) is 0 Å². The molecule has 0 radical (unpaired) electrons. The minimum Gasteiger partial charge on any atom is -0.389 e. The molecule has 0 saturated heterocycles. The lowest BCUT2D eigenvalue weighted by molar-refractivity contribution is -0.0319. The Balaban J connectivity index is 2.52. The quantitative estimate of drug-likeness (QED) is 0.323. The summed E-state index contributed by atoms with van der Waals surface area (Å²) in [6.45, 7) is 0. The number of aliphatic hydroxyl groups is 2. The molecule has 1 rings (SSSR count). The number of hydrogen-bond acceptors (Lipinski definition) is 4. The molecule has 1 saturated carbocycles. The maximum Gasteiger partial charge on any atom is 0.0964 e. The Kier molecular flexibility index (Phi) is 2.25. The molecule has 0 spiro atoms. The highest BCUT2D eigenvalue weighted by Crippen LogP contribution is 2.16. The van der Waals surface area contributed by atoms with E-state index in [1.54, 1.807) is 0 Å². The normalized spacial score (nSPS) is 49.2. The third-order valence-corrected chi connectivity index (χ3v) is 2.06. The van der Waals surface area contributed by atoms with Crippen LogP contribution in [0.1, 0.15) is 12.8 Å². The van der Waals surface area contributed by atoms with Gasteiger partial charge in [-0.3, -0.25) is 0 Å². The molecule has 4 nitrogen and oxygen atoms in total. The van der Waals surface area contributed by atoms with Crippen LogP contribution in [0.25, 0.3) is 0 Å². The van der Waals surface area contributed by atoms with E-state index in [-0.39, 0.29) is 12.1 Å². The van der Waals surface area contributed by atoms with Crippen LogP contribution in [0.3, 0.4) is 0 Å². The average molecular weight is 146 g/mol. The summed E-state index contributed by atoms with van der Waals surface area (Å²) in [6, 6.07) is -0.621. The largest absolute Gasteiger partial charge is 0.389 e. The van der Waals surface area contributed by atoms with Gasteiger partial charge in [0.25, 0.3) is 0 Å². The molecular formula is C6H14N2O2. The van der Waals surface area contributed by atoms with Gasteiger partial charge in [0, 0.05) is 12.1 Å². The molecule has 0 aromatic carbocycles. The molecule has 10 heavy (non-hydrogen) atoms. The maximum atomic E-state index is 9.16. The van der Waals surface area contributed by atoms with Gasteiger partial charge in [-0.25, -0.2) is 0 Å². The van der Waals surface area contributed by atoms with E-state index in [4.69, 9.17) is 21.7 Å². The summed E-state index contributed by atoms with van der Waals surface area (Å²) in [6.07, 6.45) is -0.300. The molecule has 4 atom stereocenters. The first-order valence-electron chi connectivity index (χ1n) is 3.50. The Labute approximate surface area is 59.8 Å². The molecule has 4 heteroatoms. The standard InChI is InChI=1S/C6H14N2O2/c7-3-1-2-4(8)6(10)5(3)9/h3-6,9-10H,1-2,7-8H2. The van der Waals surface area contributed by atoms with Gasteiger partial charge in [0.15, 0.2) is 0 Å². The molecule has 1 aliphatic carbocycles. The van der Waals surface area contributed by atoms with Crippen LogP contribution >= 0.6 is 0 Å². The van der Waals surface area contributed by atoms with Crippen molar-refractivity contribution in [3.05, 3.63) is 0 Å². The van der Waals surface area contributed by atoms with Crippen LogP contribution in [-0.4, -0.2) is 34.5 Å². The van der Waals surface area contributed by atoms with E-state index in [1.807, 2.05) is 0 Å². The molecule has 0 amide bonds. The Morgan fingerprint density at radius 1 is 0.900 bits per heavy atom. The fourth-order valence-electron chi connectivity index (χ4n) is 1.23. The lowest BCUT2D eigenvalue weighted by Gasteiger charge is -2.33. The number of nitrogens with two attached hydrogens (primary N) is 2. The zero-order valence-electron chi connectivity index (χ0n) is 5.77. The number of hydrogen-bond donors (Lipinski definition) is 4. The van der Waals surface area contributed by atoms with Crippen LogP contribution in [0.4, 0.5) is 0 Å². The van der Waals surface area contributed by atoms with E-state index in [0.29, 0.717) is 12.8 Å². The van der Waals surface area contributed by atoms with Crippen molar-refractivity contribution in [2.24, 2.45) is 11.5 Å².